The molecule has 0 radical (unpaired) electrons. The molecule has 1 aromatic heterocycles. The van der Waals surface area contributed by atoms with Crippen molar-refractivity contribution in [2.75, 3.05) is 0 Å². The average Bonchev–Trinajstić information content (AvgIpc) is 2.80. The monoisotopic (exact) mass is 291 g/mol. The van der Waals surface area contributed by atoms with Crippen molar-refractivity contribution in [3.63, 3.8) is 0 Å². The Morgan fingerprint density at radius 2 is 2.10 bits per heavy atom. The Morgan fingerprint density at radius 1 is 1.35 bits per heavy atom. The Morgan fingerprint density at radius 3 is 2.80 bits per heavy atom. The second-order valence-corrected chi connectivity index (χ2v) is 6.32. The number of nitrogens with one attached hydrogen (secondary N) is 1. The molecule has 0 fully saturated rings. The third-order valence-electron chi connectivity index (χ3n) is 3.16. The lowest BCUT2D eigenvalue weighted by atomic mass is 10.1. The number of benzene rings is 1. The molecule has 20 heavy (non-hydrogen) atoms. The van der Waals surface area contributed by atoms with Crippen LogP contribution in [0.1, 0.15) is 32.3 Å². The molecule has 4 nitrogen and oxygen atoms in total. The summed E-state index contributed by atoms with van der Waals surface area (Å²) in [5.74, 6) is 0. The fraction of sp³-hybridized carbons (Fsp3) is 0.467. The Bertz CT molecular complexity index is 576. The van der Waals surface area contributed by atoms with E-state index in [9.17, 15) is 4.79 Å². The first kappa shape index (κ1) is 14.9. The quantitative estimate of drug-likeness (QED) is 0.798. The van der Waals surface area contributed by atoms with Gasteiger partial charge in [0.1, 0.15) is 0 Å². The van der Waals surface area contributed by atoms with Gasteiger partial charge < -0.3 is 0 Å². The zero-order valence-corrected chi connectivity index (χ0v) is 12.8. The van der Waals surface area contributed by atoms with Crippen LogP contribution in [0.2, 0.25) is 0 Å². The minimum absolute atomic E-state index is 0.107. The zero-order valence-electron chi connectivity index (χ0n) is 12.0. The molecular weight excluding hydrogens is 270 g/mol. The van der Waals surface area contributed by atoms with Gasteiger partial charge in [0.25, 0.3) is 0 Å². The van der Waals surface area contributed by atoms with Crippen molar-refractivity contribution in [2.24, 2.45) is 0 Å². The molecule has 1 N–H and O–H groups in total. The van der Waals surface area contributed by atoms with E-state index in [0.717, 1.165) is 31.0 Å². The number of hydrogen-bond donors (Lipinski definition) is 1. The molecule has 0 spiro atoms. The minimum Gasteiger partial charge on any atom is -0.270 e. The molecule has 1 atom stereocenters. The minimum atomic E-state index is -0.107. The molecule has 0 bridgehead atoms. The fourth-order valence-electron chi connectivity index (χ4n) is 2.07. The van der Waals surface area contributed by atoms with Crippen LogP contribution in [0.5, 0.6) is 0 Å². The second-order valence-electron chi connectivity index (χ2n) is 4.92. The van der Waals surface area contributed by atoms with E-state index in [1.54, 1.807) is 16.3 Å². The standard InChI is InChI=1S/C15H21N3OS/c1-3-11-18-14(19)16-17-15(18)20-12(2)9-10-13-7-5-4-6-8-13/h4-8,12H,3,9-11H2,1-2H3,(H,16,19). The number of aromatic amines is 1. The summed E-state index contributed by atoms with van der Waals surface area (Å²) in [5.41, 5.74) is 1.25. The summed E-state index contributed by atoms with van der Waals surface area (Å²) in [4.78, 5) is 11.6. The van der Waals surface area contributed by atoms with Gasteiger partial charge in [-0.1, -0.05) is 55.9 Å². The molecule has 0 saturated carbocycles. The third-order valence-corrected chi connectivity index (χ3v) is 4.32. The van der Waals surface area contributed by atoms with Gasteiger partial charge in [-0.05, 0) is 24.8 Å². The Hall–Kier alpha value is -1.49. The van der Waals surface area contributed by atoms with E-state index < -0.39 is 0 Å². The van der Waals surface area contributed by atoms with Crippen molar-refractivity contribution in [2.45, 2.75) is 50.1 Å². The van der Waals surface area contributed by atoms with E-state index in [1.165, 1.54) is 5.56 Å². The van der Waals surface area contributed by atoms with Gasteiger partial charge in [0.05, 0.1) is 0 Å². The summed E-state index contributed by atoms with van der Waals surface area (Å²) in [5, 5.41) is 7.89. The molecule has 0 aliphatic rings. The van der Waals surface area contributed by atoms with E-state index in [4.69, 9.17) is 0 Å². The van der Waals surface area contributed by atoms with Crippen LogP contribution in [0.4, 0.5) is 0 Å². The maximum atomic E-state index is 11.6. The van der Waals surface area contributed by atoms with Crippen LogP contribution in [0.3, 0.4) is 0 Å². The van der Waals surface area contributed by atoms with Crippen LogP contribution in [-0.4, -0.2) is 20.0 Å². The molecule has 2 aromatic rings. The summed E-state index contributed by atoms with van der Waals surface area (Å²) < 4.78 is 1.73. The van der Waals surface area contributed by atoms with Crippen LogP contribution >= 0.6 is 11.8 Å². The molecule has 1 unspecified atom stereocenters. The van der Waals surface area contributed by atoms with Gasteiger partial charge in [0, 0.05) is 11.8 Å². The van der Waals surface area contributed by atoms with E-state index >= 15 is 0 Å². The van der Waals surface area contributed by atoms with Crippen LogP contribution in [0.25, 0.3) is 0 Å². The molecule has 0 saturated heterocycles. The molecule has 1 heterocycles. The van der Waals surface area contributed by atoms with Gasteiger partial charge in [0.15, 0.2) is 5.16 Å². The van der Waals surface area contributed by atoms with Gasteiger partial charge in [-0.3, -0.25) is 4.57 Å². The van der Waals surface area contributed by atoms with Crippen LogP contribution < -0.4 is 5.69 Å². The van der Waals surface area contributed by atoms with Crippen molar-refractivity contribution < 1.29 is 0 Å². The highest BCUT2D eigenvalue weighted by atomic mass is 32.2. The summed E-state index contributed by atoms with van der Waals surface area (Å²) in [6, 6.07) is 10.5. The number of rotatable bonds is 7. The summed E-state index contributed by atoms with van der Waals surface area (Å²) in [6.45, 7) is 4.97. The van der Waals surface area contributed by atoms with Gasteiger partial charge in [0.2, 0.25) is 0 Å². The lowest BCUT2D eigenvalue weighted by molar-refractivity contribution is 0.602. The number of aryl methyl sites for hydroxylation is 1. The SMILES string of the molecule is CCCn1c(SC(C)CCc2ccccc2)n[nH]c1=O. The van der Waals surface area contributed by atoms with Crippen molar-refractivity contribution in [1.82, 2.24) is 14.8 Å². The summed E-state index contributed by atoms with van der Waals surface area (Å²) in [7, 11) is 0. The number of nitrogens with zero attached hydrogens (tertiary/aromatic N) is 2. The van der Waals surface area contributed by atoms with Crippen molar-refractivity contribution >= 4 is 11.8 Å². The van der Waals surface area contributed by atoms with Crippen LogP contribution in [-0.2, 0) is 13.0 Å². The van der Waals surface area contributed by atoms with Crippen LogP contribution in [0.15, 0.2) is 40.3 Å². The lowest BCUT2D eigenvalue weighted by Crippen LogP contribution is -2.17. The van der Waals surface area contributed by atoms with Gasteiger partial charge in [-0.2, -0.15) is 0 Å². The Kier molecular flexibility index (Phi) is 5.47. The predicted octanol–water partition coefficient (Wildman–Crippen LogP) is 3.09. The largest absolute Gasteiger partial charge is 0.343 e. The fourth-order valence-corrected chi connectivity index (χ4v) is 3.06. The number of H-pyrrole nitrogens is 1. The third kappa shape index (κ3) is 4.00. The molecule has 0 aliphatic carbocycles. The van der Waals surface area contributed by atoms with E-state index in [0.29, 0.717) is 5.25 Å². The average molecular weight is 291 g/mol. The first-order chi connectivity index (χ1) is 9.70. The van der Waals surface area contributed by atoms with Crippen molar-refractivity contribution in [3.05, 3.63) is 46.4 Å². The number of aromatic nitrogens is 3. The smallest absolute Gasteiger partial charge is 0.270 e. The molecule has 0 aliphatic heterocycles. The highest BCUT2D eigenvalue weighted by Gasteiger charge is 2.12. The maximum Gasteiger partial charge on any atom is 0.343 e. The second kappa shape index (κ2) is 7.33. The highest BCUT2D eigenvalue weighted by molar-refractivity contribution is 7.99. The van der Waals surface area contributed by atoms with E-state index in [-0.39, 0.29) is 5.69 Å². The zero-order chi connectivity index (χ0) is 14.4. The highest BCUT2D eigenvalue weighted by Crippen LogP contribution is 2.23. The van der Waals surface area contributed by atoms with Crippen LogP contribution in [0, 0.1) is 0 Å². The summed E-state index contributed by atoms with van der Waals surface area (Å²) >= 11 is 1.67. The Labute approximate surface area is 123 Å². The van der Waals surface area contributed by atoms with Crippen molar-refractivity contribution in [1.29, 1.82) is 0 Å². The van der Waals surface area contributed by atoms with E-state index in [1.807, 2.05) is 6.07 Å². The van der Waals surface area contributed by atoms with Gasteiger partial charge >= 0.3 is 5.69 Å². The molecule has 0 amide bonds. The first-order valence-electron chi connectivity index (χ1n) is 7.06. The molecule has 2 rings (SSSR count). The number of thioether (sulfide) groups is 1. The number of hydrogen-bond acceptors (Lipinski definition) is 3. The topological polar surface area (TPSA) is 50.7 Å². The predicted molar refractivity (Wildman–Crippen MR) is 83.2 cm³/mol. The molecule has 5 heteroatoms. The molecule has 1 aromatic carbocycles. The Balaban J connectivity index is 1.91. The molecule has 108 valence electrons. The molecular formula is C15H21N3OS. The van der Waals surface area contributed by atoms with E-state index in [2.05, 4.69) is 48.3 Å². The lowest BCUT2D eigenvalue weighted by Gasteiger charge is -2.11. The summed E-state index contributed by atoms with van der Waals surface area (Å²) in [6.07, 6.45) is 3.06. The van der Waals surface area contributed by atoms with Gasteiger partial charge in [-0.15, -0.1) is 5.10 Å². The normalized spacial score (nSPS) is 12.5. The first-order valence-corrected chi connectivity index (χ1v) is 7.94. The maximum absolute atomic E-state index is 11.6. The van der Waals surface area contributed by atoms with Crippen molar-refractivity contribution in [3.8, 4) is 0 Å². The van der Waals surface area contributed by atoms with Gasteiger partial charge in [-0.25, -0.2) is 9.89 Å².